The zero-order chi connectivity index (χ0) is 23.4. The lowest BCUT2D eigenvalue weighted by molar-refractivity contribution is -0.121. The standard InChI is InChI=1S/C25H22F2INO3/c1-14(2)22(30)9-15-4-3-5-20(8-15)32-23-12-18(26)11-17(24(23)25(29)31)10-16-6-7-19(28)13-21(16)27/h3-8,11-14H,9-10H2,1-2H3,(H2,29,31). The first-order valence-electron chi connectivity index (χ1n) is 9.99. The van der Waals surface area contributed by atoms with Gasteiger partial charge in [0.1, 0.15) is 28.9 Å². The second kappa shape index (κ2) is 10.2. The predicted molar refractivity (Wildman–Crippen MR) is 127 cm³/mol. The maximum absolute atomic E-state index is 14.4. The van der Waals surface area contributed by atoms with Crippen LogP contribution < -0.4 is 10.5 Å². The number of rotatable bonds is 8. The summed E-state index contributed by atoms with van der Waals surface area (Å²) in [6.45, 7) is 3.65. The summed E-state index contributed by atoms with van der Waals surface area (Å²) in [7, 11) is 0. The smallest absolute Gasteiger partial charge is 0.252 e. The van der Waals surface area contributed by atoms with Gasteiger partial charge in [0.05, 0.1) is 5.56 Å². The van der Waals surface area contributed by atoms with Gasteiger partial charge >= 0.3 is 0 Å². The summed E-state index contributed by atoms with van der Waals surface area (Å²) in [5, 5.41) is 0. The number of hydrogen-bond donors (Lipinski definition) is 1. The van der Waals surface area contributed by atoms with Gasteiger partial charge in [-0.3, -0.25) is 9.59 Å². The van der Waals surface area contributed by atoms with E-state index in [2.05, 4.69) is 0 Å². The summed E-state index contributed by atoms with van der Waals surface area (Å²) in [5.41, 5.74) is 6.82. The van der Waals surface area contributed by atoms with E-state index in [1.807, 2.05) is 36.4 Å². The number of halogens is 3. The number of ketones is 1. The van der Waals surface area contributed by atoms with Crippen molar-refractivity contribution in [1.29, 1.82) is 0 Å². The van der Waals surface area contributed by atoms with Crippen LogP contribution in [-0.4, -0.2) is 11.7 Å². The molecule has 3 aromatic carbocycles. The molecule has 3 aromatic rings. The summed E-state index contributed by atoms with van der Waals surface area (Å²) in [6, 6.07) is 13.7. The minimum absolute atomic E-state index is 0.0204. The Morgan fingerprint density at radius 2 is 1.78 bits per heavy atom. The predicted octanol–water partition coefficient (Wildman–Crippen LogP) is 5.82. The number of carbonyl (C=O) groups excluding carboxylic acids is 2. The van der Waals surface area contributed by atoms with Gasteiger partial charge in [0.25, 0.3) is 5.91 Å². The third-order valence-corrected chi connectivity index (χ3v) is 5.61. The van der Waals surface area contributed by atoms with Crippen molar-refractivity contribution in [1.82, 2.24) is 0 Å². The van der Waals surface area contributed by atoms with Crippen LogP contribution in [0.25, 0.3) is 0 Å². The molecule has 0 unspecified atom stereocenters. The van der Waals surface area contributed by atoms with Gasteiger partial charge in [-0.15, -0.1) is 0 Å². The Morgan fingerprint density at radius 1 is 1.03 bits per heavy atom. The van der Waals surface area contributed by atoms with E-state index in [-0.39, 0.29) is 41.4 Å². The molecule has 0 spiro atoms. The van der Waals surface area contributed by atoms with Gasteiger partial charge < -0.3 is 10.5 Å². The van der Waals surface area contributed by atoms with E-state index in [0.717, 1.165) is 21.3 Å². The van der Waals surface area contributed by atoms with Crippen LogP contribution in [0.15, 0.2) is 54.6 Å². The van der Waals surface area contributed by atoms with Gasteiger partial charge in [-0.25, -0.2) is 8.78 Å². The Bertz CT molecular complexity index is 1180. The molecule has 0 aromatic heterocycles. The number of Topliss-reactive ketones (excluding diaryl/α,β-unsaturated/α-hetero) is 1. The maximum atomic E-state index is 14.4. The molecule has 0 aliphatic rings. The third-order valence-electron chi connectivity index (χ3n) is 4.94. The van der Waals surface area contributed by atoms with E-state index in [1.54, 1.807) is 36.4 Å². The Balaban J connectivity index is 1.97. The van der Waals surface area contributed by atoms with Crippen molar-refractivity contribution in [3.63, 3.8) is 0 Å². The zero-order valence-electron chi connectivity index (χ0n) is 17.6. The quantitative estimate of drug-likeness (QED) is 0.360. The molecular formula is C25H22F2INO3. The van der Waals surface area contributed by atoms with Gasteiger partial charge in [0, 0.05) is 28.4 Å². The van der Waals surface area contributed by atoms with Crippen LogP contribution >= 0.6 is 22.6 Å². The van der Waals surface area contributed by atoms with Gasteiger partial charge in [-0.1, -0.05) is 32.0 Å². The summed E-state index contributed by atoms with van der Waals surface area (Å²) in [6.07, 6.45) is 0.204. The molecular weight excluding hydrogens is 527 g/mol. The summed E-state index contributed by atoms with van der Waals surface area (Å²) >= 11 is 1.99. The lowest BCUT2D eigenvalue weighted by Gasteiger charge is -2.15. The molecule has 7 heteroatoms. The molecule has 166 valence electrons. The first kappa shape index (κ1) is 23.8. The van der Waals surface area contributed by atoms with Crippen LogP contribution in [0, 0.1) is 21.1 Å². The molecule has 0 radical (unpaired) electrons. The van der Waals surface area contributed by atoms with Crippen molar-refractivity contribution >= 4 is 34.3 Å². The number of ether oxygens (including phenoxy) is 1. The fourth-order valence-corrected chi connectivity index (χ4v) is 3.71. The van der Waals surface area contributed by atoms with E-state index in [4.69, 9.17) is 10.5 Å². The Hall–Kier alpha value is -2.81. The molecule has 32 heavy (non-hydrogen) atoms. The van der Waals surface area contributed by atoms with Crippen LogP contribution in [0.1, 0.15) is 40.9 Å². The average Bonchev–Trinajstić information content (AvgIpc) is 2.69. The molecule has 0 heterocycles. The van der Waals surface area contributed by atoms with E-state index >= 15 is 0 Å². The van der Waals surface area contributed by atoms with Gasteiger partial charge in [-0.05, 0) is 69.6 Å². The zero-order valence-corrected chi connectivity index (χ0v) is 19.8. The molecule has 4 nitrogen and oxygen atoms in total. The molecule has 1 amide bonds. The number of nitrogens with two attached hydrogens (primary N) is 1. The highest BCUT2D eigenvalue weighted by atomic mass is 127. The molecule has 0 aliphatic heterocycles. The maximum Gasteiger partial charge on any atom is 0.252 e. The molecule has 0 bridgehead atoms. The van der Waals surface area contributed by atoms with Crippen molar-refractivity contribution in [3.8, 4) is 11.5 Å². The summed E-state index contributed by atoms with van der Waals surface area (Å²) in [5.74, 6) is -1.67. The largest absolute Gasteiger partial charge is 0.456 e. The first-order chi connectivity index (χ1) is 15.1. The Morgan fingerprint density at radius 3 is 2.44 bits per heavy atom. The number of amides is 1. The van der Waals surface area contributed by atoms with Gasteiger partial charge in [0.2, 0.25) is 0 Å². The van der Waals surface area contributed by atoms with Gasteiger partial charge in [-0.2, -0.15) is 0 Å². The lowest BCUT2D eigenvalue weighted by Crippen LogP contribution is -2.16. The summed E-state index contributed by atoms with van der Waals surface area (Å²) < 4.78 is 35.3. The number of benzene rings is 3. The van der Waals surface area contributed by atoms with Crippen LogP contribution in [-0.2, 0) is 17.6 Å². The monoisotopic (exact) mass is 549 g/mol. The van der Waals surface area contributed by atoms with Crippen molar-refractivity contribution in [2.24, 2.45) is 11.7 Å². The topological polar surface area (TPSA) is 69.4 Å². The molecule has 3 rings (SSSR count). The number of hydrogen-bond acceptors (Lipinski definition) is 3. The minimum Gasteiger partial charge on any atom is -0.456 e. The molecule has 0 atom stereocenters. The summed E-state index contributed by atoms with van der Waals surface area (Å²) in [4.78, 5) is 24.3. The fraction of sp³-hybridized carbons (Fsp3) is 0.200. The first-order valence-corrected chi connectivity index (χ1v) is 11.1. The molecule has 2 N–H and O–H groups in total. The van der Waals surface area contributed by atoms with E-state index in [1.165, 1.54) is 6.07 Å². The molecule has 0 saturated heterocycles. The van der Waals surface area contributed by atoms with Gasteiger partial charge in [0.15, 0.2) is 0 Å². The number of primary amides is 1. The van der Waals surface area contributed by atoms with Crippen molar-refractivity contribution < 1.29 is 23.1 Å². The second-order valence-corrected chi connectivity index (χ2v) is 9.01. The Kier molecular flexibility index (Phi) is 7.60. The van der Waals surface area contributed by atoms with Crippen LogP contribution in [0.3, 0.4) is 0 Å². The normalized spacial score (nSPS) is 10.9. The molecule has 0 fully saturated rings. The van der Waals surface area contributed by atoms with Crippen LogP contribution in [0.2, 0.25) is 0 Å². The minimum atomic E-state index is -0.813. The lowest BCUT2D eigenvalue weighted by atomic mass is 9.98. The van der Waals surface area contributed by atoms with E-state index < -0.39 is 17.5 Å². The SMILES string of the molecule is CC(C)C(=O)Cc1cccc(Oc2cc(F)cc(Cc3ccc(I)cc3F)c2C(N)=O)c1. The van der Waals surface area contributed by atoms with Crippen LogP contribution in [0.4, 0.5) is 8.78 Å². The van der Waals surface area contributed by atoms with Crippen molar-refractivity contribution in [2.45, 2.75) is 26.7 Å². The fourth-order valence-electron chi connectivity index (χ4n) is 3.26. The highest BCUT2D eigenvalue weighted by Gasteiger charge is 2.20. The molecule has 0 saturated carbocycles. The number of carbonyl (C=O) groups is 2. The molecule has 0 aliphatic carbocycles. The highest BCUT2D eigenvalue weighted by Crippen LogP contribution is 2.31. The van der Waals surface area contributed by atoms with Crippen molar-refractivity contribution in [3.05, 3.63) is 92.1 Å². The highest BCUT2D eigenvalue weighted by molar-refractivity contribution is 14.1. The van der Waals surface area contributed by atoms with Crippen molar-refractivity contribution in [2.75, 3.05) is 0 Å². The third kappa shape index (κ3) is 5.91. The average molecular weight is 549 g/mol. The second-order valence-electron chi connectivity index (χ2n) is 7.76. The Labute approximate surface area is 198 Å². The van der Waals surface area contributed by atoms with E-state index in [9.17, 15) is 18.4 Å². The van der Waals surface area contributed by atoms with Crippen LogP contribution in [0.5, 0.6) is 11.5 Å². The van der Waals surface area contributed by atoms with E-state index in [0.29, 0.717) is 11.3 Å².